The van der Waals surface area contributed by atoms with Crippen LogP contribution in [0.4, 0.5) is 11.5 Å². The molecule has 0 radical (unpaired) electrons. The lowest BCUT2D eigenvalue weighted by Gasteiger charge is -2.28. The summed E-state index contributed by atoms with van der Waals surface area (Å²) in [6.45, 7) is 6.58. The lowest BCUT2D eigenvalue weighted by molar-refractivity contribution is -0.116. The molecular weight excluding hydrogens is 358 g/mol. The Morgan fingerprint density at radius 1 is 1.36 bits per heavy atom. The summed E-state index contributed by atoms with van der Waals surface area (Å²) < 4.78 is 5.34. The number of rotatable bonds is 5. The Balaban J connectivity index is 1.61. The third-order valence-electron chi connectivity index (χ3n) is 4.91. The van der Waals surface area contributed by atoms with Crippen molar-refractivity contribution in [2.45, 2.75) is 26.7 Å². The minimum Gasteiger partial charge on any atom is -0.378 e. The third-order valence-corrected chi connectivity index (χ3v) is 4.91. The number of amides is 1. The zero-order valence-electron chi connectivity index (χ0n) is 16.0. The Kier molecular flexibility index (Phi) is 6.06. The average molecular weight is 381 g/mol. The molecule has 3 rings (SSSR count). The van der Waals surface area contributed by atoms with Gasteiger partial charge in [-0.2, -0.15) is 5.26 Å². The molecule has 0 aliphatic carbocycles. The summed E-state index contributed by atoms with van der Waals surface area (Å²) in [5, 5.41) is 11.9. The van der Waals surface area contributed by atoms with Gasteiger partial charge in [0.2, 0.25) is 5.91 Å². The standard InChI is InChI=1S/C20H23N5O3/c1-13-16(14(2)23-20(27)17(13)11-21)4-6-19(26)24-18-5-3-15(12-22-18)25-7-9-28-10-8-25/h3,5,12H,4,6-10H2,1-2H3,(H,23,27)(H,22,24,26). The van der Waals surface area contributed by atoms with Gasteiger partial charge in [-0.1, -0.05) is 0 Å². The fourth-order valence-electron chi connectivity index (χ4n) is 3.33. The molecule has 0 spiro atoms. The molecule has 8 heteroatoms. The molecule has 0 bridgehead atoms. The molecule has 8 nitrogen and oxygen atoms in total. The van der Waals surface area contributed by atoms with Gasteiger partial charge in [0.05, 0.1) is 25.1 Å². The summed E-state index contributed by atoms with van der Waals surface area (Å²) in [5.41, 5.74) is 2.84. The molecule has 1 amide bonds. The van der Waals surface area contributed by atoms with E-state index in [-0.39, 0.29) is 17.9 Å². The number of hydrogen-bond donors (Lipinski definition) is 2. The van der Waals surface area contributed by atoms with E-state index in [9.17, 15) is 9.59 Å². The molecule has 28 heavy (non-hydrogen) atoms. The van der Waals surface area contributed by atoms with Gasteiger partial charge in [-0.15, -0.1) is 0 Å². The molecule has 2 N–H and O–H groups in total. The van der Waals surface area contributed by atoms with Crippen LogP contribution in [0.1, 0.15) is 28.8 Å². The van der Waals surface area contributed by atoms with Crippen LogP contribution in [0, 0.1) is 25.2 Å². The van der Waals surface area contributed by atoms with Crippen LogP contribution in [0.2, 0.25) is 0 Å². The number of morpholine rings is 1. The van der Waals surface area contributed by atoms with Gasteiger partial charge >= 0.3 is 0 Å². The van der Waals surface area contributed by atoms with Gasteiger partial charge in [0.15, 0.2) is 0 Å². The highest BCUT2D eigenvalue weighted by Gasteiger charge is 2.14. The molecule has 146 valence electrons. The number of anilines is 2. The molecule has 0 unspecified atom stereocenters. The normalized spacial score (nSPS) is 13.8. The van der Waals surface area contributed by atoms with Crippen LogP contribution in [0.3, 0.4) is 0 Å². The Labute approximate surface area is 163 Å². The van der Waals surface area contributed by atoms with E-state index in [1.165, 1.54) is 0 Å². The van der Waals surface area contributed by atoms with Gasteiger partial charge < -0.3 is 19.9 Å². The number of hydrogen-bond acceptors (Lipinski definition) is 6. The number of aryl methyl sites for hydroxylation is 1. The number of H-pyrrole nitrogens is 1. The molecule has 3 heterocycles. The molecule has 2 aromatic rings. The first-order chi connectivity index (χ1) is 13.5. The second-order valence-electron chi connectivity index (χ2n) is 6.72. The van der Waals surface area contributed by atoms with Gasteiger partial charge in [0.25, 0.3) is 5.56 Å². The molecule has 0 aromatic carbocycles. The number of pyridine rings is 2. The first-order valence-corrected chi connectivity index (χ1v) is 9.20. The zero-order valence-corrected chi connectivity index (χ0v) is 16.0. The van der Waals surface area contributed by atoms with Crippen molar-refractivity contribution in [1.82, 2.24) is 9.97 Å². The fraction of sp³-hybridized carbons (Fsp3) is 0.400. The summed E-state index contributed by atoms with van der Waals surface area (Å²) in [6.07, 6.45) is 2.41. The summed E-state index contributed by atoms with van der Waals surface area (Å²) in [5.74, 6) is 0.324. The van der Waals surface area contributed by atoms with Crippen molar-refractivity contribution in [1.29, 1.82) is 5.26 Å². The highest BCUT2D eigenvalue weighted by atomic mass is 16.5. The van der Waals surface area contributed by atoms with Crippen molar-refractivity contribution in [3.63, 3.8) is 0 Å². The predicted molar refractivity (Wildman–Crippen MR) is 105 cm³/mol. The predicted octanol–water partition coefficient (Wildman–Crippen LogP) is 1.67. The highest BCUT2D eigenvalue weighted by Crippen LogP contribution is 2.18. The minimum absolute atomic E-state index is 0.0985. The van der Waals surface area contributed by atoms with Gasteiger partial charge in [-0.05, 0) is 43.5 Å². The Morgan fingerprint density at radius 3 is 2.75 bits per heavy atom. The molecular formula is C20H23N5O3. The monoisotopic (exact) mass is 381 g/mol. The van der Waals surface area contributed by atoms with Crippen LogP contribution in [0.5, 0.6) is 0 Å². The number of nitrogens with one attached hydrogen (secondary N) is 2. The van der Waals surface area contributed by atoms with E-state index in [0.29, 0.717) is 36.7 Å². The Hall–Kier alpha value is -3.18. The van der Waals surface area contributed by atoms with Gasteiger partial charge in [0, 0.05) is 25.2 Å². The average Bonchev–Trinajstić information content (AvgIpc) is 2.69. The van der Waals surface area contributed by atoms with E-state index >= 15 is 0 Å². The largest absolute Gasteiger partial charge is 0.378 e. The van der Waals surface area contributed by atoms with Crippen LogP contribution in [0.15, 0.2) is 23.1 Å². The molecule has 2 aromatic heterocycles. The van der Waals surface area contributed by atoms with Crippen LogP contribution in [0.25, 0.3) is 0 Å². The molecule has 1 aliphatic heterocycles. The van der Waals surface area contributed by atoms with E-state index in [2.05, 4.69) is 20.2 Å². The summed E-state index contributed by atoms with van der Waals surface area (Å²) >= 11 is 0. The summed E-state index contributed by atoms with van der Waals surface area (Å²) in [7, 11) is 0. The number of carbonyl (C=O) groups excluding carboxylic acids is 1. The lowest BCUT2D eigenvalue weighted by Crippen LogP contribution is -2.36. The number of carbonyl (C=O) groups is 1. The first-order valence-electron chi connectivity index (χ1n) is 9.20. The SMILES string of the molecule is Cc1[nH]c(=O)c(C#N)c(C)c1CCC(=O)Nc1ccc(N2CCOCC2)cn1. The van der Waals surface area contributed by atoms with Crippen LogP contribution in [-0.4, -0.2) is 42.2 Å². The van der Waals surface area contributed by atoms with Gasteiger partial charge in [-0.3, -0.25) is 9.59 Å². The fourth-order valence-corrected chi connectivity index (χ4v) is 3.33. The molecule has 0 atom stereocenters. The summed E-state index contributed by atoms with van der Waals surface area (Å²) in [6, 6.07) is 5.64. The Bertz CT molecular complexity index is 954. The van der Waals surface area contributed by atoms with Crippen molar-refractivity contribution in [2.75, 3.05) is 36.5 Å². The van der Waals surface area contributed by atoms with Crippen molar-refractivity contribution >= 4 is 17.4 Å². The smallest absolute Gasteiger partial charge is 0.266 e. The van der Waals surface area contributed by atoms with Crippen molar-refractivity contribution in [3.05, 3.63) is 51.1 Å². The van der Waals surface area contributed by atoms with Crippen LogP contribution < -0.4 is 15.8 Å². The summed E-state index contributed by atoms with van der Waals surface area (Å²) in [4.78, 5) is 33.3. The van der Waals surface area contributed by atoms with E-state index in [1.54, 1.807) is 26.1 Å². The molecule has 1 fully saturated rings. The third kappa shape index (κ3) is 4.38. The lowest BCUT2D eigenvalue weighted by atomic mass is 9.99. The van der Waals surface area contributed by atoms with E-state index < -0.39 is 5.56 Å². The van der Waals surface area contributed by atoms with Gasteiger partial charge in [-0.25, -0.2) is 4.98 Å². The van der Waals surface area contributed by atoms with Crippen LogP contribution in [-0.2, 0) is 16.0 Å². The van der Waals surface area contributed by atoms with E-state index in [1.807, 2.05) is 12.1 Å². The number of ether oxygens (including phenoxy) is 1. The number of nitriles is 1. The molecule has 1 aliphatic rings. The minimum atomic E-state index is -0.393. The van der Waals surface area contributed by atoms with Crippen LogP contribution >= 0.6 is 0 Å². The first kappa shape index (κ1) is 19.6. The van der Waals surface area contributed by atoms with Crippen molar-refractivity contribution < 1.29 is 9.53 Å². The maximum Gasteiger partial charge on any atom is 0.266 e. The van der Waals surface area contributed by atoms with E-state index in [0.717, 1.165) is 24.3 Å². The maximum absolute atomic E-state index is 12.3. The molecule has 0 saturated carbocycles. The van der Waals surface area contributed by atoms with E-state index in [4.69, 9.17) is 10.00 Å². The number of aromatic amines is 1. The number of aromatic nitrogens is 2. The Morgan fingerprint density at radius 2 is 2.11 bits per heavy atom. The van der Waals surface area contributed by atoms with Crippen molar-refractivity contribution in [3.8, 4) is 6.07 Å². The topological polar surface area (TPSA) is 111 Å². The quantitative estimate of drug-likeness (QED) is 0.815. The highest BCUT2D eigenvalue weighted by molar-refractivity contribution is 5.90. The maximum atomic E-state index is 12.3. The zero-order chi connectivity index (χ0) is 20.1. The number of nitrogens with zero attached hydrogens (tertiary/aromatic N) is 3. The second-order valence-corrected chi connectivity index (χ2v) is 6.72. The van der Waals surface area contributed by atoms with Crippen molar-refractivity contribution in [2.24, 2.45) is 0 Å². The second kappa shape index (κ2) is 8.67. The molecule has 1 saturated heterocycles. The van der Waals surface area contributed by atoms with Gasteiger partial charge in [0.1, 0.15) is 17.5 Å².